The van der Waals surface area contributed by atoms with Gasteiger partial charge in [0.2, 0.25) is 6.79 Å². The molecule has 0 bridgehead atoms. The number of hydrogen-bond acceptors (Lipinski definition) is 6. The summed E-state index contributed by atoms with van der Waals surface area (Å²) in [6, 6.07) is 9.85. The molecular weight excluding hydrogens is 350 g/mol. The third-order valence-corrected chi connectivity index (χ3v) is 4.01. The molecule has 0 radical (unpaired) electrons. The van der Waals surface area contributed by atoms with E-state index in [0.29, 0.717) is 11.4 Å². The Morgan fingerprint density at radius 1 is 1.26 bits per heavy atom. The lowest BCUT2D eigenvalue weighted by molar-refractivity contribution is -0.385. The van der Waals surface area contributed by atoms with E-state index in [1.807, 2.05) is 26.0 Å². The van der Waals surface area contributed by atoms with Crippen molar-refractivity contribution in [1.29, 1.82) is 5.26 Å². The summed E-state index contributed by atoms with van der Waals surface area (Å²) in [7, 11) is 0. The molecule has 0 fully saturated rings. The molecule has 0 unspecified atom stereocenters. The zero-order chi connectivity index (χ0) is 19.6. The monoisotopic (exact) mass is 365 g/mol. The molecule has 0 spiro atoms. The number of nitrogens with one attached hydrogen (secondary N) is 1. The predicted molar refractivity (Wildman–Crippen MR) is 97.4 cm³/mol. The second-order valence-electron chi connectivity index (χ2n) is 5.96. The molecule has 1 amide bonds. The maximum atomic E-state index is 12.5. The van der Waals surface area contributed by atoms with Crippen LogP contribution in [0.3, 0.4) is 0 Å². The fourth-order valence-corrected chi connectivity index (χ4v) is 2.67. The van der Waals surface area contributed by atoms with Crippen molar-refractivity contribution < 1.29 is 19.2 Å². The third kappa shape index (κ3) is 3.72. The highest BCUT2D eigenvalue weighted by Crippen LogP contribution is 2.38. The topological polar surface area (TPSA) is 114 Å². The minimum absolute atomic E-state index is 0.0437. The number of carbonyl (C=O) groups excluding carboxylic acids is 1. The molecule has 8 nitrogen and oxygen atoms in total. The first-order valence-electron chi connectivity index (χ1n) is 7.97. The first-order chi connectivity index (χ1) is 12.9. The second kappa shape index (κ2) is 7.17. The van der Waals surface area contributed by atoms with Crippen LogP contribution in [0.1, 0.15) is 16.7 Å². The minimum atomic E-state index is -0.656. The number of fused-ring (bicyclic) bond motifs is 1. The molecule has 0 saturated carbocycles. The molecular formula is C19H15N3O5. The Kier molecular flexibility index (Phi) is 4.77. The number of hydrogen-bond donors (Lipinski definition) is 1. The number of nitro benzene ring substituents is 1. The van der Waals surface area contributed by atoms with Crippen LogP contribution in [0.4, 0.5) is 11.4 Å². The normalized spacial score (nSPS) is 12.4. The summed E-state index contributed by atoms with van der Waals surface area (Å²) in [6.45, 7) is 3.72. The fraction of sp³-hybridized carbons (Fsp3) is 0.158. The molecule has 1 aliphatic rings. The lowest BCUT2D eigenvalue weighted by Gasteiger charge is -2.08. The zero-order valence-corrected chi connectivity index (χ0v) is 14.6. The number of anilines is 1. The Morgan fingerprint density at radius 2 is 1.96 bits per heavy atom. The number of nitrogens with zero attached hydrogens (tertiary/aromatic N) is 2. The van der Waals surface area contributed by atoms with Gasteiger partial charge in [-0.3, -0.25) is 14.9 Å². The van der Waals surface area contributed by atoms with Gasteiger partial charge in [0.1, 0.15) is 11.6 Å². The van der Waals surface area contributed by atoms with Crippen molar-refractivity contribution in [2.45, 2.75) is 13.8 Å². The zero-order valence-electron chi connectivity index (χ0n) is 14.6. The molecule has 1 heterocycles. The predicted octanol–water partition coefficient (Wildman–Crippen LogP) is 3.49. The smallest absolute Gasteiger partial charge is 0.280 e. The van der Waals surface area contributed by atoms with Gasteiger partial charge in [0, 0.05) is 5.69 Å². The van der Waals surface area contributed by atoms with E-state index in [1.165, 1.54) is 18.2 Å². The molecule has 2 aromatic rings. The lowest BCUT2D eigenvalue weighted by Crippen LogP contribution is -2.14. The van der Waals surface area contributed by atoms with Crippen molar-refractivity contribution in [3.8, 4) is 17.6 Å². The van der Waals surface area contributed by atoms with E-state index in [2.05, 4.69) is 5.32 Å². The number of rotatable bonds is 4. The van der Waals surface area contributed by atoms with E-state index in [4.69, 9.17) is 9.47 Å². The summed E-state index contributed by atoms with van der Waals surface area (Å²) in [5.41, 5.74) is 1.97. The highest BCUT2D eigenvalue weighted by atomic mass is 16.7. The molecule has 0 aromatic heterocycles. The van der Waals surface area contributed by atoms with Crippen LogP contribution in [0.15, 0.2) is 35.9 Å². The number of nitro groups is 1. The average molecular weight is 365 g/mol. The molecule has 0 saturated heterocycles. The van der Waals surface area contributed by atoms with Gasteiger partial charge < -0.3 is 14.8 Å². The first-order valence-corrected chi connectivity index (χ1v) is 7.97. The van der Waals surface area contributed by atoms with E-state index in [0.717, 1.165) is 11.1 Å². The van der Waals surface area contributed by atoms with Crippen molar-refractivity contribution in [2.75, 3.05) is 12.1 Å². The summed E-state index contributed by atoms with van der Waals surface area (Å²) in [4.78, 5) is 23.2. The van der Waals surface area contributed by atoms with Gasteiger partial charge in [0.15, 0.2) is 11.5 Å². The Labute approximate surface area is 154 Å². The van der Waals surface area contributed by atoms with Crippen molar-refractivity contribution >= 4 is 23.4 Å². The summed E-state index contributed by atoms with van der Waals surface area (Å²) >= 11 is 0. The van der Waals surface area contributed by atoms with Gasteiger partial charge >= 0.3 is 0 Å². The van der Waals surface area contributed by atoms with E-state index < -0.39 is 10.8 Å². The van der Waals surface area contributed by atoms with E-state index in [9.17, 15) is 20.2 Å². The van der Waals surface area contributed by atoms with Crippen LogP contribution < -0.4 is 14.8 Å². The van der Waals surface area contributed by atoms with Crippen molar-refractivity contribution in [2.24, 2.45) is 0 Å². The van der Waals surface area contributed by atoms with Crippen LogP contribution in [-0.4, -0.2) is 17.6 Å². The van der Waals surface area contributed by atoms with Crippen LogP contribution in [0.25, 0.3) is 6.08 Å². The van der Waals surface area contributed by atoms with Gasteiger partial charge in [0.25, 0.3) is 11.6 Å². The molecule has 0 aliphatic carbocycles. The molecule has 27 heavy (non-hydrogen) atoms. The van der Waals surface area contributed by atoms with Crippen LogP contribution in [0, 0.1) is 35.3 Å². The van der Waals surface area contributed by atoms with Crippen LogP contribution in [0.2, 0.25) is 0 Å². The summed E-state index contributed by atoms with van der Waals surface area (Å²) in [5, 5.41) is 23.3. The quantitative estimate of drug-likeness (QED) is 0.384. The van der Waals surface area contributed by atoms with Crippen molar-refractivity contribution in [1.82, 2.24) is 0 Å². The number of aryl methyl sites for hydroxylation is 2. The number of ether oxygens (including phenoxy) is 2. The Morgan fingerprint density at radius 3 is 2.59 bits per heavy atom. The SMILES string of the molecule is Cc1ccc(NC(=O)/C(C#N)=C/c2cc3c(cc2[N+](=O)[O-])OCO3)c(C)c1. The average Bonchev–Trinajstić information content (AvgIpc) is 3.08. The molecule has 1 aliphatic heterocycles. The number of nitriles is 1. The second-order valence-corrected chi connectivity index (χ2v) is 5.96. The molecule has 1 N–H and O–H groups in total. The number of benzene rings is 2. The van der Waals surface area contributed by atoms with Gasteiger partial charge in [-0.25, -0.2) is 0 Å². The number of amides is 1. The third-order valence-electron chi connectivity index (χ3n) is 4.01. The molecule has 8 heteroatoms. The Hall–Kier alpha value is -3.86. The van der Waals surface area contributed by atoms with Gasteiger partial charge in [-0.2, -0.15) is 5.26 Å². The standard InChI is InChI=1S/C19H15N3O5/c1-11-3-4-15(12(2)5-11)21-19(23)14(9-20)6-13-7-17-18(27-10-26-17)8-16(13)22(24)25/h3-8H,10H2,1-2H3,(H,21,23)/b14-6+. The summed E-state index contributed by atoms with van der Waals surface area (Å²) < 4.78 is 10.3. The summed E-state index contributed by atoms with van der Waals surface area (Å²) in [5.74, 6) is -0.0903. The first kappa shape index (κ1) is 17.9. The van der Waals surface area contributed by atoms with Gasteiger partial charge in [-0.1, -0.05) is 17.7 Å². The molecule has 136 valence electrons. The van der Waals surface area contributed by atoms with Crippen molar-refractivity contribution in [3.63, 3.8) is 0 Å². The van der Waals surface area contributed by atoms with Gasteiger partial charge in [-0.15, -0.1) is 0 Å². The Bertz CT molecular complexity index is 1020. The van der Waals surface area contributed by atoms with Gasteiger partial charge in [-0.05, 0) is 37.6 Å². The molecule has 0 atom stereocenters. The minimum Gasteiger partial charge on any atom is -0.454 e. The lowest BCUT2D eigenvalue weighted by atomic mass is 10.1. The largest absolute Gasteiger partial charge is 0.454 e. The maximum Gasteiger partial charge on any atom is 0.280 e. The fourth-order valence-electron chi connectivity index (χ4n) is 2.67. The van der Waals surface area contributed by atoms with E-state index in [1.54, 1.807) is 12.1 Å². The molecule has 3 rings (SSSR count). The van der Waals surface area contributed by atoms with E-state index in [-0.39, 0.29) is 29.4 Å². The van der Waals surface area contributed by atoms with Crippen LogP contribution >= 0.6 is 0 Å². The van der Waals surface area contributed by atoms with Crippen molar-refractivity contribution in [3.05, 3.63) is 62.7 Å². The highest BCUT2D eigenvalue weighted by molar-refractivity contribution is 6.10. The van der Waals surface area contributed by atoms with Gasteiger partial charge in [0.05, 0.1) is 16.6 Å². The maximum absolute atomic E-state index is 12.5. The Balaban J connectivity index is 1.95. The summed E-state index contributed by atoms with van der Waals surface area (Å²) in [6.07, 6.45) is 1.17. The van der Waals surface area contributed by atoms with E-state index >= 15 is 0 Å². The van der Waals surface area contributed by atoms with Crippen LogP contribution in [0.5, 0.6) is 11.5 Å². The highest BCUT2D eigenvalue weighted by Gasteiger charge is 2.23. The number of carbonyl (C=O) groups is 1. The van der Waals surface area contributed by atoms with Crippen LogP contribution in [-0.2, 0) is 4.79 Å². The molecule has 2 aromatic carbocycles.